The first-order valence-electron chi connectivity index (χ1n) is 39.6. The van der Waals surface area contributed by atoms with E-state index < -0.39 is 41.9 Å². The van der Waals surface area contributed by atoms with E-state index in [1.807, 2.05) is 30.3 Å². The highest BCUT2D eigenvalue weighted by molar-refractivity contribution is 6.45. The smallest absolute Gasteiger partial charge is 0.314 e. The fourth-order valence-corrected chi connectivity index (χ4v) is 10.8. The predicted octanol–water partition coefficient (Wildman–Crippen LogP) is 1.32. The number of hydroxylamine groups is 1. The fraction of sp³-hybridized carbons (Fsp3) is 0.641. The van der Waals surface area contributed by atoms with Crippen LogP contribution in [-0.2, 0) is 127 Å². The van der Waals surface area contributed by atoms with Gasteiger partial charge in [-0.25, -0.2) is 15.4 Å². The number of ketones is 1. The van der Waals surface area contributed by atoms with Gasteiger partial charge in [-0.1, -0.05) is 41.6 Å². The molecule has 5 amide bonds. The summed E-state index contributed by atoms with van der Waals surface area (Å²) in [6.45, 7) is 17.2. The number of Topliss-reactive ketones (excluding diaryl/α,β-unsaturated/α-hetero) is 1. The number of rotatable bonds is 75. The van der Waals surface area contributed by atoms with Gasteiger partial charge < -0.3 is 120 Å². The summed E-state index contributed by atoms with van der Waals surface area (Å²) in [5, 5.41) is 28.2. The highest BCUT2D eigenvalue weighted by atomic mass is 16.7. The lowest BCUT2D eigenvalue weighted by atomic mass is 9.93. The molecule has 41 nitrogen and oxygen atoms in total. The molecule has 0 atom stereocenters. The van der Waals surface area contributed by atoms with E-state index in [1.54, 1.807) is 19.4 Å². The van der Waals surface area contributed by atoms with E-state index >= 15 is 0 Å². The van der Waals surface area contributed by atoms with Crippen molar-refractivity contribution in [1.29, 1.82) is 5.26 Å². The number of fused-ring (bicyclic) bond motifs is 1. The largest absolute Gasteiger partial charge is 0.494 e. The molecule has 0 saturated carbocycles. The third kappa shape index (κ3) is 42.8. The molecule has 5 aromatic rings. The average Bonchev–Trinajstić information content (AvgIpc) is 1.63. The first kappa shape index (κ1) is 99.0. The molecule has 6 rings (SSSR count). The molecule has 1 aliphatic heterocycles. The van der Waals surface area contributed by atoms with E-state index in [-0.39, 0.29) is 160 Å². The number of aromatic nitrogens is 8. The molecular weight excluding hydrogens is 1560 g/mol. The van der Waals surface area contributed by atoms with Crippen LogP contribution in [0, 0.1) is 11.3 Å². The molecule has 662 valence electrons. The van der Waals surface area contributed by atoms with Crippen LogP contribution < -0.4 is 20.9 Å². The normalized spacial score (nSPS) is 12.1. The van der Waals surface area contributed by atoms with E-state index in [1.165, 1.54) is 40.1 Å². The Kier molecular flexibility index (Phi) is 54.1. The number of ether oxygens (including phenoxy) is 20. The van der Waals surface area contributed by atoms with Crippen molar-refractivity contribution in [1.82, 2.24) is 65.6 Å². The minimum absolute atomic E-state index is 0.0112. The Balaban J connectivity index is 0.749. The second-order valence-corrected chi connectivity index (χ2v) is 25.4. The van der Waals surface area contributed by atoms with Crippen molar-refractivity contribution in [2.24, 2.45) is 0 Å². The molecule has 1 aliphatic rings. The van der Waals surface area contributed by atoms with Gasteiger partial charge in [0, 0.05) is 46.1 Å². The van der Waals surface area contributed by atoms with Crippen molar-refractivity contribution in [3.63, 3.8) is 0 Å². The molecule has 41 heteroatoms. The van der Waals surface area contributed by atoms with Crippen LogP contribution in [0.2, 0.25) is 0 Å². The minimum atomic E-state index is -0.761. The van der Waals surface area contributed by atoms with Gasteiger partial charge in [-0.15, -0.1) is 16.8 Å². The Morgan fingerprint density at radius 1 is 0.588 bits per heavy atom. The number of nitrogens with one attached hydrogen (secondary N) is 4. The number of allylic oxidation sites excluding steroid dienone is 1. The van der Waals surface area contributed by atoms with Crippen molar-refractivity contribution >= 4 is 51.8 Å². The van der Waals surface area contributed by atoms with E-state index in [4.69, 9.17) is 99.6 Å². The Morgan fingerprint density at radius 2 is 1.09 bits per heavy atom. The van der Waals surface area contributed by atoms with E-state index in [0.717, 1.165) is 16.0 Å². The lowest BCUT2D eigenvalue weighted by molar-refractivity contribution is -0.140. The number of benzene rings is 1. The van der Waals surface area contributed by atoms with Gasteiger partial charge in [-0.2, -0.15) is 9.94 Å². The SMILES string of the molecule is C=CCOCCOCCOCCOCCC(=O)N(CC(=O)NCCOCCOCCCOCOCCOCCOCCOCCOCCOCCOCCOCCOC)CC(=O)NCCn1cc(COCCOCCOCCONC(=O)c2ncn(-c3ncc(OC)c4c(C(=O)C(=O)N5CCC(=C(C#N)c6ccccc6)CC5)c[nH]c34)n2)nn1. The van der Waals surface area contributed by atoms with Gasteiger partial charge in [0.05, 0.1) is 292 Å². The summed E-state index contributed by atoms with van der Waals surface area (Å²) < 4.78 is 112. The van der Waals surface area contributed by atoms with Gasteiger partial charge in [0.2, 0.25) is 23.5 Å². The van der Waals surface area contributed by atoms with Crippen LogP contribution in [0.25, 0.3) is 22.3 Å². The minimum Gasteiger partial charge on any atom is -0.494 e. The summed E-state index contributed by atoms with van der Waals surface area (Å²) in [7, 11) is 3.04. The summed E-state index contributed by atoms with van der Waals surface area (Å²) in [5.74, 6) is -3.51. The van der Waals surface area contributed by atoms with Crippen LogP contribution in [-0.4, -0.2) is 376 Å². The van der Waals surface area contributed by atoms with Gasteiger partial charge in [0.15, 0.2) is 5.82 Å². The molecule has 4 aromatic heterocycles. The highest BCUT2D eigenvalue weighted by Gasteiger charge is 2.31. The lowest BCUT2D eigenvalue weighted by Crippen LogP contribution is -2.46. The van der Waals surface area contributed by atoms with Crippen LogP contribution >= 0.6 is 0 Å². The number of nitriles is 1. The predicted molar refractivity (Wildman–Crippen MR) is 423 cm³/mol. The molecule has 0 radical (unpaired) electrons. The van der Waals surface area contributed by atoms with Crippen molar-refractivity contribution < 1.29 is 128 Å². The van der Waals surface area contributed by atoms with Gasteiger partial charge in [-0.3, -0.25) is 38.3 Å². The number of likely N-dealkylation sites (tertiary alicyclic amines) is 1. The van der Waals surface area contributed by atoms with Crippen LogP contribution in [0.3, 0.4) is 0 Å². The molecule has 0 bridgehead atoms. The summed E-state index contributed by atoms with van der Waals surface area (Å²) in [6, 6.07) is 11.6. The van der Waals surface area contributed by atoms with E-state index in [9.17, 15) is 34.0 Å². The quantitative estimate of drug-likeness (QED) is 0.00811. The van der Waals surface area contributed by atoms with Gasteiger partial charge >= 0.3 is 5.91 Å². The van der Waals surface area contributed by atoms with Crippen molar-refractivity contribution in [3.05, 3.63) is 96.1 Å². The standard InChI is InChI=1S/C78H118N14O27/c1-4-19-101-26-30-106-34-35-107-31-28-103-22-13-71(95)90(59-70(94)81-15-23-104-29-27-102-20-8-21-117-62-118-51-49-114-45-44-112-43-42-111-41-40-110-39-38-109-37-36-108-33-32-105-25-24-99-2)58-69(93)80-14-18-91-57-65(85-88-91)60-116-50-48-113-46-47-115-52-53-119-87-77(97)75-84-61-92(86-75)76-73-72(68(100-3)56-83-76)67(55-82-73)74(96)78(98)89-16-11-64(12-17-89)66(54-79)63-9-6-5-7-10-63/h4-7,9-10,55-57,61,82H,1,8,11-53,58-60,62H2,2-3H3,(H,80,93)(H,81,94)(H,87,97). The number of methoxy groups -OCH3 is 2. The van der Waals surface area contributed by atoms with Crippen LogP contribution in [0.4, 0.5) is 0 Å². The third-order valence-corrected chi connectivity index (χ3v) is 16.7. The lowest BCUT2D eigenvalue weighted by Gasteiger charge is -2.28. The van der Waals surface area contributed by atoms with Gasteiger partial charge in [0.1, 0.15) is 37.7 Å². The first-order valence-corrected chi connectivity index (χ1v) is 39.6. The maximum absolute atomic E-state index is 13.8. The molecule has 4 N–H and O–H groups in total. The third-order valence-electron chi connectivity index (χ3n) is 16.7. The molecule has 0 unspecified atom stereocenters. The number of piperidine rings is 1. The summed E-state index contributed by atoms with van der Waals surface area (Å²) in [6.07, 6.45) is 8.82. The maximum Gasteiger partial charge on any atom is 0.314 e. The number of H-pyrrole nitrogens is 1. The number of nitrogens with zero attached hydrogens (tertiary/aromatic N) is 10. The number of amides is 5. The van der Waals surface area contributed by atoms with Crippen LogP contribution in [0.5, 0.6) is 5.75 Å². The van der Waals surface area contributed by atoms with Crippen LogP contribution in [0.15, 0.2) is 73.5 Å². The van der Waals surface area contributed by atoms with Gasteiger partial charge in [0.25, 0.3) is 11.7 Å². The summed E-state index contributed by atoms with van der Waals surface area (Å²) >= 11 is 0. The number of hydrogen-bond acceptors (Lipinski definition) is 33. The zero-order valence-corrected chi connectivity index (χ0v) is 68.4. The molecular formula is C78H118N14O27. The second-order valence-electron chi connectivity index (χ2n) is 25.4. The Hall–Kier alpha value is -8.82. The zero-order valence-electron chi connectivity index (χ0n) is 68.4. The van der Waals surface area contributed by atoms with Crippen molar-refractivity contribution in [3.8, 4) is 17.6 Å². The Labute approximate surface area is 692 Å². The van der Waals surface area contributed by atoms with Crippen molar-refractivity contribution in [2.75, 3.05) is 292 Å². The molecule has 1 saturated heterocycles. The fourth-order valence-electron chi connectivity index (χ4n) is 10.8. The Bertz CT molecular complexity index is 3670. The average molecular weight is 1680 g/mol. The van der Waals surface area contributed by atoms with E-state index in [0.29, 0.717) is 195 Å². The molecule has 0 spiro atoms. The number of carbonyl (C=O) groups excluding carboxylic acids is 6. The number of pyridine rings is 1. The Morgan fingerprint density at radius 3 is 1.66 bits per heavy atom. The molecule has 0 aliphatic carbocycles. The summed E-state index contributed by atoms with van der Waals surface area (Å²) in [4.78, 5) is 99.5. The topological polar surface area (TPSA) is 453 Å². The highest BCUT2D eigenvalue weighted by Crippen LogP contribution is 2.33. The van der Waals surface area contributed by atoms with E-state index in [2.05, 4.69) is 59.1 Å². The molecule has 5 heterocycles. The van der Waals surface area contributed by atoms with Gasteiger partial charge in [-0.05, 0) is 30.4 Å². The molecule has 1 fully saturated rings. The van der Waals surface area contributed by atoms with Crippen molar-refractivity contribution in [2.45, 2.75) is 38.8 Å². The first-order chi connectivity index (χ1) is 58.5. The number of hydrogen-bond donors (Lipinski definition) is 4. The monoisotopic (exact) mass is 1680 g/mol. The maximum atomic E-state index is 13.8. The second kappa shape index (κ2) is 65.0. The number of aromatic amines is 1. The zero-order chi connectivity index (χ0) is 84.5. The summed E-state index contributed by atoms with van der Waals surface area (Å²) in [5.41, 5.74) is 5.48. The molecule has 1 aromatic carbocycles. The molecule has 119 heavy (non-hydrogen) atoms. The number of carbonyl (C=O) groups is 6. The van der Waals surface area contributed by atoms with Crippen LogP contribution in [0.1, 0.15) is 57.9 Å².